The molecule has 0 aliphatic carbocycles. The van der Waals surface area contributed by atoms with Gasteiger partial charge in [0.1, 0.15) is 0 Å². The van der Waals surface area contributed by atoms with E-state index in [0.29, 0.717) is 6.54 Å². The standard InChI is InChI=1S/C18H19F3N2O/c1-12-6-7-16(13(2)10-12)22-9-8-17(24)23-15-5-3-4-14(11-15)18(19,20)21/h3-7,10-11,22H,8-9H2,1-2H3,(H,23,24). The van der Waals surface area contributed by atoms with E-state index in [-0.39, 0.29) is 18.0 Å². The molecule has 24 heavy (non-hydrogen) atoms. The minimum Gasteiger partial charge on any atom is -0.384 e. The van der Waals surface area contributed by atoms with Gasteiger partial charge < -0.3 is 10.6 Å². The van der Waals surface area contributed by atoms with Gasteiger partial charge in [-0.05, 0) is 43.7 Å². The molecule has 2 rings (SSSR count). The van der Waals surface area contributed by atoms with Crippen molar-refractivity contribution in [2.45, 2.75) is 26.4 Å². The molecule has 0 aliphatic rings. The summed E-state index contributed by atoms with van der Waals surface area (Å²) in [5.41, 5.74) is 2.52. The van der Waals surface area contributed by atoms with Crippen LogP contribution in [0.1, 0.15) is 23.1 Å². The van der Waals surface area contributed by atoms with Gasteiger partial charge >= 0.3 is 6.18 Å². The normalized spacial score (nSPS) is 11.2. The predicted octanol–water partition coefficient (Wildman–Crippen LogP) is 4.76. The lowest BCUT2D eigenvalue weighted by Crippen LogP contribution is -2.17. The molecule has 0 saturated heterocycles. The highest BCUT2D eigenvalue weighted by Crippen LogP contribution is 2.30. The van der Waals surface area contributed by atoms with Crippen LogP contribution >= 0.6 is 0 Å². The van der Waals surface area contributed by atoms with Gasteiger partial charge in [0.2, 0.25) is 5.91 Å². The first-order valence-corrected chi connectivity index (χ1v) is 7.54. The maximum Gasteiger partial charge on any atom is 0.416 e. The number of hydrogen-bond acceptors (Lipinski definition) is 2. The zero-order chi connectivity index (χ0) is 17.7. The van der Waals surface area contributed by atoms with E-state index in [4.69, 9.17) is 0 Å². The van der Waals surface area contributed by atoms with Crippen LogP contribution < -0.4 is 10.6 Å². The predicted molar refractivity (Wildman–Crippen MR) is 89.1 cm³/mol. The smallest absolute Gasteiger partial charge is 0.384 e. The van der Waals surface area contributed by atoms with Crippen LogP contribution in [0.4, 0.5) is 24.5 Å². The van der Waals surface area contributed by atoms with Crippen LogP contribution in [0.15, 0.2) is 42.5 Å². The Morgan fingerprint density at radius 2 is 1.83 bits per heavy atom. The second kappa shape index (κ2) is 7.38. The fourth-order valence-electron chi connectivity index (χ4n) is 2.32. The number of nitrogens with one attached hydrogen (secondary N) is 2. The van der Waals surface area contributed by atoms with E-state index < -0.39 is 11.7 Å². The molecule has 0 fully saturated rings. The Kier molecular flexibility index (Phi) is 5.49. The zero-order valence-electron chi connectivity index (χ0n) is 13.5. The van der Waals surface area contributed by atoms with Crippen LogP contribution in [-0.4, -0.2) is 12.5 Å². The second-order valence-corrected chi connectivity index (χ2v) is 5.62. The number of rotatable bonds is 5. The van der Waals surface area contributed by atoms with Crippen molar-refractivity contribution in [2.24, 2.45) is 0 Å². The number of alkyl halides is 3. The van der Waals surface area contributed by atoms with Crippen LogP contribution in [-0.2, 0) is 11.0 Å². The summed E-state index contributed by atoms with van der Waals surface area (Å²) in [5.74, 6) is -0.341. The van der Waals surface area contributed by atoms with Gasteiger partial charge in [-0.15, -0.1) is 0 Å². The van der Waals surface area contributed by atoms with E-state index in [2.05, 4.69) is 10.6 Å². The van der Waals surface area contributed by atoms with Gasteiger partial charge in [0.05, 0.1) is 5.56 Å². The molecule has 0 aliphatic heterocycles. The Morgan fingerprint density at radius 3 is 2.50 bits per heavy atom. The maximum absolute atomic E-state index is 12.6. The Bertz CT molecular complexity index is 726. The fourth-order valence-corrected chi connectivity index (χ4v) is 2.32. The summed E-state index contributed by atoms with van der Waals surface area (Å²) in [6.45, 7) is 4.37. The quantitative estimate of drug-likeness (QED) is 0.826. The molecule has 1 amide bonds. The number of amides is 1. The van der Waals surface area contributed by atoms with Crippen LogP contribution in [0.25, 0.3) is 0 Å². The van der Waals surface area contributed by atoms with Crippen molar-refractivity contribution in [3.8, 4) is 0 Å². The van der Waals surface area contributed by atoms with Crippen LogP contribution in [0.3, 0.4) is 0 Å². The average Bonchev–Trinajstić information content (AvgIpc) is 2.49. The molecule has 0 spiro atoms. The van der Waals surface area contributed by atoms with E-state index in [0.717, 1.165) is 28.9 Å². The van der Waals surface area contributed by atoms with Gasteiger partial charge in [-0.3, -0.25) is 4.79 Å². The molecular formula is C18H19F3N2O. The van der Waals surface area contributed by atoms with Crippen molar-refractivity contribution >= 4 is 17.3 Å². The summed E-state index contributed by atoms with van der Waals surface area (Å²) in [4.78, 5) is 11.9. The highest BCUT2D eigenvalue weighted by molar-refractivity contribution is 5.91. The van der Waals surface area contributed by atoms with Gasteiger partial charge in [-0.1, -0.05) is 23.8 Å². The Balaban J connectivity index is 1.87. The van der Waals surface area contributed by atoms with Crippen molar-refractivity contribution in [3.63, 3.8) is 0 Å². The van der Waals surface area contributed by atoms with E-state index in [9.17, 15) is 18.0 Å². The number of hydrogen-bond donors (Lipinski definition) is 2. The van der Waals surface area contributed by atoms with E-state index in [1.165, 1.54) is 12.1 Å². The molecule has 2 aromatic carbocycles. The molecule has 0 bridgehead atoms. The molecule has 2 aromatic rings. The van der Waals surface area contributed by atoms with E-state index in [1.54, 1.807) is 0 Å². The molecule has 0 unspecified atom stereocenters. The molecule has 128 valence electrons. The second-order valence-electron chi connectivity index (χ2n) is 5.62. The lowest BCUT2D eigenvalue weighted by atomic mass is 10.1. The van der Waals surface area contributed by atoms with E-state index >= 15 is 0 Å². The third kappa shape index (κ3) is 5.01. The lowest BCUT2D eigenvalue weighted by molar-refractivity contribution is -0.137. The van der Waals surface area contributed by atoms with Gasteiger partial charge in [-0.2, -0.15) is 13.2 Å². The number of aryl methyl sites for hydroxylation is 2. The largest absolute Gasteiger partial charge is 0.416 e. The van der Waals surface area contributed by atoms with E-state index in [1.807, 2.05) is 32.0 Å². The van der Waals surface area contributed by atoms with Crippen LogP contribution in [0.2, 0.25) is 0 Å². The summed E-state index contributed by atoms with van der Waals surface area (Å²) in [6.07, 6.45) is -4.27. The Hall–Kier alpha value is -2.50. The van der Waals surface area contributed by atoms with Gasteiger partial charge in [-0.25, -0.2) is 0 Å². The molecule has 2 N–H and O–H groups in total. The molecule has 0 saturated carbocycles. The van der Waals surface area contributed by atoms with Crippen LogP contribution in [0.5, 0.6) is 0 Å². The SMILES string of the molecule is Cc1ccc(NCCC(=O)Nc2cccc(C(F)(F)F)c2)c(C)c1. The first-order valence-electron chi connectivity index (χ1n) is 7.54. The topological polar surface area (TPSA) is 41.1 Å². The lowest BCUT2D eigenvalue weighted by Gasteiger charge is -2.11. The van der Waals surface area contributed by atoms with Crippen molar-refractivity contribution in [1.82, 2.24) is 0 Å². The number of carbonyl (C=O) groups excluding carboxylic acids is 1. The van der Waals surface area contributed by atoms with Gasteiger partial charge in [0.15, 0.2) is 0 Å². The third-order valence-corrected chi connectivity index (χ3v) is 3.52. The minimum atomic E-state index is -4.43. The highest BCUT2D eigenvalue weighted by Gasteiger charge is 2.30. The summed E-state index contributed by atoms with van der Waals surface area (Å²) in [5, 5.41) is 5.64. The minimum absolute atomic E-state index is 0.140. The molecule has 3 nitrogen and oxygen atoms in total. The van der Waals surface area contributed by atoms with Gasteiger partial charge in [0, 0.05) is 24.3 Å². The summed E-state index contributed by atoms with van der Waals surface area (Å²) in [6, 6.07) is 10.5. The monoisotopic (exact) mass is 336 g/mol. The molecule has 0 heterocycles. The molecular weight excluding hydrogens is 317 g/mol. The maximum atomic E-state index is 12.6. The number of anilines is 2. The number of benzene rings is 2. The van der Waals surface area contributed by atoms with Gasteiger partial charge in [0.25, 0.3) is 0 Å². The Morgan fingerprint density at radius 1 is 1.08 bits per heavy atom. The van der Waals surface area contributed by atoms with Crippen molar-refractivity contribution in [1.29, 1.82) is 0 Å². The first-order chi connectivity index (χ1) is 11.3. The van der Waals surface area contributed by atoms with Crippen molar-refractivity contribution < 1.29 is 18.0 Å². The third-order valence-electron chi connectivity index (χ3n) is 3.52. The average molecular weight is 336 g/mol. The molecule has 0 aromatic heterocycles. The Labute approximate surface area is 138 Å². The molecule has 0 radical (unpaired) electrons. The fraction of sp³-hybridized carbons (Fsp3) is 0.278. The highest BCUT2D eigenvalue weighted by atomic mass is 19.4. The zero-order valence-corrected chi connectivity index (χ0v) is 13.5. The van der Waals surface area contributed by atoms with Crippen molar-refractivity contribution in [2.75, 3.05) is 17.2 Å². The molecule has 6 heteroatoms. The molecule has 0 atom stereocenters. The van der Waals surface area contributed by atoms with Crippen LogP contribution in [0, 0.1) is 13.8 Å². The van der Waals surface area contributed by atoms with Crippen molar-refractivity contribution in [3.05, 3.63) is 59.2 Å². The summed E-state index contributed by atoms with van der Waals surface area (Å²) in [7, 11) is 0. The number of carbonyl (C=O) groups is 1. The summed E-state index contributed by atoms with van der Waals surface area (Å²) >= 11 is 0. The number of halogens is 3. The summed E-state index contributed by atoms with van der Waals surface area (Å²) < 4.78 is 37.9. The first kappa shape index (κ1) is 17.8.